The highest BCUT2D eigenvalue weighted by molar-refractivity contribution is 5.32. The fourth-order valence-corrected chi connectivity index (χ4v) is 2.06. The van der Waals surface area contributed by atoms with Gasteiger partial charge >= 0.3 is 0 Å². The van der Waals surface area contributed by atoms with E-state index < -0.39 is 0 Å². The van der Waals surface area contributed by atoms with Gasteiger partial charge in [0.2, 0.25) is 0 Å². The molecule has 0 saturated heterocycles. The first-order chi connectivity index (χ1) is 8.27. The zero-order valence-corrected chi connectivity index (χ0v) is 10.2. The van der Waals surface area contributed by atoms with E-state index in [9.17, 15) is 0 Å². The van der Waals surface area contributed by atoms with Gasteiger partial charge in [-0.3, -0.25) is 5.84 Å². The van der Waals surface area contributed by atoms with Crippen LogP contribution in [0, 0.1) is 6.92 Å². The van der Waals surface area contributed by atoms with Gasteiger partial charge in [0.15, 0.2) is 0 Å². The molecule has 3 N–H and O–H groups in total. The van der Waals surface area contributed by atoms with Crippen molar-refractivity contribution in [3.63, 3.8) is 0 Å². The van der Waals surface area contributed by atoms with E-state index >= 15 is 0 Å². The van der Waals surface area contributed by atoms with Gasteiger partial charge in [-0.05, 0) is 25.0 Å². The zero-order chi connectivity index (χ0) is 12.3. The summed E-state index contributed by atoms with van der Waals surface area (Å²) >= 11 is 0. The molecule has 2 aromatic rings. The summed E-state index contributed by atoms with van der Waals surface area (Å²) in [5.74, 6) is 6.63. The van der Waals surface area contributed by atoms with Crippen molar-refractivity contribution in [2.75, 3.05) is 0 Å². The summed E-state index contributed by atoms with van der Waals surface area (Å²) < 4.78 is 2.09. The molecule has 0 aliphatic rings. The second kappa shape index (κ2) is 5.12. The van der Waals surface area contributed by atoms with Crippen molar-refractivity contribution in [2.45, 2.75) is 26.4 Å². The van der Waals surface area contributed by atoms with Gasteiger partial charge in [-0.1, -0.05) is 24.3 Å². The smallest absolute Gasteiger partial charge is 0.131 e. The quantitative estimate of drug-likeness (QED) is 0.621. The van der Waals surface area contributed by atoms with E-state index in [0.717, 1.165) is 17.9 Å². The molecule has 0 spiro atoms. The molecule has 90 valence electrons. The number of aryl methyl sites for hydroxylation is 2. The Morgan fingerprint density at radius 1 is 1.41 bits per heavy atom. The Morgan fingerprint density at radius 2 is 2.18 bits per heavy atom. The Balaban J connectivity index is 2.44. The highest BCUT2D eigenvalue weighted by Gasteiger charge is 2.18. The second-order valence-electron chi connectivity index (χ2n) is 4.03. The molecule has 1 aromatic carbocycles. The number of benzene rings is 1. The van der Waals surface area contributed by atoms with Crippen LogP contribution in [0.3, 0.4) is 0 Å². The molecule has 1 unspecified atom stereocenters. The Morgan fingerprint density at radius 3 is 2.82 bits per heavy atom. The van der Waals surface area contributed by atoms with Gasteiger partial charge in [-0.2, -0.15) is 0 Å². The predicted octanol–water partition coefficient (Wildman–Crippen LogP) is 1.76. The molecule has 0 saturated carbocycles. The minimum atomic E-state index is -0.0638. The standard InChI is InChI=1S/C13H18N4/c1-3-17-9-8-15-13(17)12(16-14)11-7-5-4-6-10(11)2/h4-9,12,16H,3,14H2,1-2H3. The van der Waals surface area contributed by atoms with E-state index in [1.807, 2.05) is 18.3 Å². The summed E-state index contributed by atoms with van der Waals surface area (Å²) in [5.41, 5.74) is 5.23. The van der Waals surface area contributed by atoms with E-state index in [-0.39, 0.29) is 6.04 Å². The molecular formula is C13H18N4. The van der Waals surface area contributed by atoms with Crippen LogP contribution in [0.5, 0.6) is 0 Å². The number of hydrogen-bond acceptors (Lipinski definition) is 3. The van der Waals surface area contributed by atoms with E-state index in [0.29, 0.717) is 0 Å². The molecule has 0 aliphatic carbocycles. The lowest BCUT2D eigenvalue weighted by atomic mass is 10.0. The van der Waals surface area contributed by atoms with E-state index in [2.05, 4.69) is 41.0 Å². The maximum atomic E-state index is 5.69. The Kier molecular flexibility index (Phi) is 3.56. The summed E-state index contributed by atoms with van der Waals surface area (Å²) in [5, 5.41) is 0. The first kappa shape index (κ1) is 11.8. The molecule has 4 heteroatoms. The molecule has 17 heavy (non-hydrogen) atoms. The molecule has 0 bridgehead atoms. The number of nitrogens with zero attached hydrogens (tertiary/aromatic N) is 2. The first-order valence-corrected chi connectivity index (χ1v) is 5.80. The van der Waals surface area contributed by atoms with Gasteiger partial charge in [0.05, 0.1) is 0 Å². The van der Waals surface area contributed by atoms with Crippen molar-refractivity contribution in [3.8, 4) is 0 Å². The van der Waals surface area contributed by atoms with Crippen LogP contribution in [-0.2, 0) is 6.54 Å². The maximum absolute atomic E-state index is 5.69. The maximum Gasteiger partial charge on any atom is 0.131 e. The fourth-order valence-electron chi connectivity index (χ4n) is 2.06. The van der Waals surface area contributed by atoms with Gasteiger partial charge in [0.25, 0.3) is 0 Å². The van der Waals surface area contributed by atoms with Crippen LogP contribution < -0.4 is 11.3 Å². The van der Waals surface area contributed by atoms with Crippen LogP contribution >= 0.6 is 0 Å². The molecule has 1 atom stereocenters. The predicted molar refractivity (Wildman–Crippen MR) is 68.2 cm³/mol. The largest absolute Gasteiger partial charge is 0.334 e. The second-order valence-corrected chi connectivity index (χ2v) is 4.03. The lowest BCUT2D eigenvalue weighted by Gasteiger charge is -2.19. The normalized spacial score (nSPS) is 12.6. The number of nitrogens with one attached hydrogen (secondary N) is 1. The van der Waals surface area contributed by atoms with Crippen LogP contribution in [0.1, 0.15) is 29.9 Å². The topological polar surface area (TPSA) is 55.9 Å². The first-order valence-electron chi connectivity index (χ1n) is 5.80. The lowest BCUT2D eigenvalue weighted by molar-refractivity contribution is 0.559. The van der Waals surface area contributed by atoms with Gasteiger partial charge in [-0.25, -0.2) is 10.4 Å². The third-order valence-corrected chi connectivity index (χ3v) is 3.01. The monoisotopic (exact) mass is 230 g/mol. The highest BCUT2D eigenvalue weighted by atomic mass is 15.3. The van der Waals surface area contributed by atoms with E-state index in [1.165, 1.54) is 5.56 Å². The number of rotatable bonds is 4. The number of hydrazine groups is 1. The van der Waals surface area contributed by atoms with Crippen LogP contribution in [0.15, 0.2) is 36.7 Å². The Labute approximate surface area is 101 Å². The van der Waals surface area contributed by atoms with Crippen molar-refractivity contribution < 1.29 is 0 Å². The molecule has 0 aliphatic heterocycles. The molecule has 1 heterocycles. The Hall–Kier alpha value is -1.65. The fraction of sp³-hybridized carbons (Fsp3) is 0.308. The molecule has 0 amide bonds. The Bertz CT molecular complexity index is 490. The number of nitrogens with two attached hydrogens (primary N) is 1. The number of imidazole rings is 1. The van der Waals surface area contributed by atoms with Crippen LogP contribution in [0.25, 0.3) is 0 Å². The summed E-state index contributed by atoms with van der Waals surface area (Å²) in [6, 6.07) is 8.14. The van der Waals surface area contributed by atoms with Crippen LogP contribution in [0.4, 0.5) is 0 Å². The van der Waals surface area contributed by atoms with Crippen molar-refractivity contribution in [3.05, 3.63) is 53.6 Å². The lowest BCUT2D eigenvalue weighted by Crippen LogP contribution is -2.31. The van der Waals surface area contributed by atoms with E-state index in [1.54, 1.807) is 6.20 Å². The molecule has 0 radical (unpaired) electrons. The third-order valence-electron chi connectivity index (χ3n) is 3.01. The van der Waals surface area contributed by atoms with Gasteiger partial charge in [0.1, 0.15) is 11.9 Å². The summed E-state index contributed by atoms with van der Waals surface area (Å²) in [6.45, 7) is 5.06. The number of hydrogen-bond donors (Lipinski definition) is 2. The third kappa shape index (κ3) is 2.23. The molecular weight excluding hydrogens is 212 g/mol. The van der Waals surface area contributed by atoms with Crippen LogP contribution in [0.2, 0.25) is 0 Å². The average molecular weight is 230 g/mol. The molecule has 1 aromatic heterocycles. The number of aromatic nitrogens is 2. The summed E-state index contributed by atoms with van der Waals surface area (Å²) in [4.78, 5) is 4.40. The highest BCUT2D eigenvalue weighted by Crippen LogP contribution is 2.22. The summed E-state index contributed by atoms with van der Waals surface area (Å²) in [7, 11) is 0. The van der Waals surface area contributed by atoms with Crippen molar-refractivity contribution in [1.29, 1.82) is 0 Å². The average Bonchev–Trinajstić information content (AvgIpc) is 2.81. The van der Waals surface area contributed by atoms with Gasteiger partial charge in [-0.15, -0.1) is 0 Å². The summed E-state index contributed by atoms with van der Waals surface area (Å²) in [6.07, 6.45) is 3.78. The van der Waals surface area contributed by atoms with Gasteiger partial charge < -0.3 is 4.57 Å². The minimum Gasteiger partial charge on any atom is -0.334 e. The molecule has 4 nitrogen and oxygen atoms in total. The van der Waals surface area contributed by atoms with E-state index in [4.69, 9.17) is 5.84 Å². The van der Waals surface area contributed by atoms with Crippen molar-refractivity contribution in [1.82, 2.24) is 15.0 Å². The van der Waals surface area contributed by atoms with Gasteiger partial charge in [0, 0.05) is 18.9 Å². The van der Waals surface area contributed by atoms with Crippen LogP contribution in [-0.4, -0.2) is 9.55 Å². The SMILES string of the molecule is CCn1ccnc1C(NN)c1ccccc1C. The zero-order valence-electron chi connectivity index (χ0n) is 10.2. The minimum absolute atomic E-state index is 0.0638. The van der Waals surface area contributed by atoms with Crippen molar-refractivity contribution in [2.24, 2.45) is 5.84 Å². The molecule has 2 rings (SSSR count). The van der Waals surface area contributed by atoms with Crippen molar-refractivity contribution >= 4 is 0 Å². The molecule has 0 fully saturated rings.